The molecular weight excluding hydrogens is 697 g/mol. The van der Waals surface area contributed by atoms with E-state index in [1.807, 2.05) is 54.6 Å². The summed E-state index contributed by atoms with van der Waals surface area (Å²) in [6.07, 6.45) is 12.2. The highest BCUT2D eigenvalue weighted by Gasteiger charge is 2.39. The zero-order valence-electron chi connectivity index (χ0n) is 28.6. The summed E-state index contributed by atoms with van der Waals surface area (Å²) in [4.78, 5) is 10.4. The van der Waals surface area contributed by atoms with E-state index in [-0.39, 0.29) is 13.2 Å². The number of hydrogen-bond donors (Lipinski definition) is 2. The number of benzene rings is 4. The van der Waals surface area contributed by atoms with Crippen LogP contribution < -0.4 is 5.32 Å². The summed E-state index contributed by atoms with van der Waals surface area (Å²) >= 11 is 3.24. The van der Waals surface area contributed by atoms with E-state index in [2.05, 4.69) is 88.0 Å². The third-order valence-electron chi connectivity index (χ3n) is 8.73. The van der Waals surface area contributed by atoms with Gasteiger partial charge in [0.25, 0.3) is 0 Å². The van der Waals surface area contributed by atoms with Crippen LogP contribution in [0.4, 0.5) is 0 Å². The largest absolute Gasteiger partial charge is 0.472 e. The van der Waals surface area contributed by atoms with Gasteiger partial charge in [0.1, 0.15) is 0 Å². The van der Waals surface area contributed by atoms with Crippen molar-refractivity contribution in [3.05, 3.63) is 144 Å². The fourth-order valence-corrected chi connectivity index (χ4v) is 7.44. The van der Waals surface area contributed by atoms with E-state index in [1.165, 1.54) is 56.9 Å². The van der Waals surface area contributed by atoms with Gasteiger partial charge in [-0.25, -0.2) is 4.57 Å². The molecule has 0 amide bonds. The maximum atomic E-state index is 12.7. The predicted octanol–water partition coefficient (Wildman–Crippen LogP) is 10.2. The van der Waals surface area contributed by atoms with Gasteiger partial charge in [-0.2, -0.15) is 0 Å². The standard InChI is InChI=1S/C41H53BrNO5P/c42-31-33-47-49(44,45)48-35-40(34-46-32-21-7-5-3-1-2-4-6-12-22-36-23-13-8-14-24-36)43-41(37-25-15-9-16-26-37,38-27-17-10-18-28-38)39-29-19-11-20-30-39/h8-11,13-20,23-30,40,43H,1-7,12,21-22,31-35H2,(H,44,45)/t40-/m1/s1. The molecule has 264 valence electrons. The van der Waals surface area contributed by atoms with Gasteiger partial charge in [0, 0.05) is 11.9 Å². The van der Waals surface area contributed by atoms with E-state index in [4.69, 9.17) is 13.8 Å². The Labute approximate surface area is 302 Å². The normalized spacial score (nSPS) is 13.6. The molecule has 0 radical (unpaired) electrons. The van der Waals surface area contributed by atoms with Crippen molar-refractivity contribution < 1.29 is 23.2 Å². The number of phosphoric ester groups is 1. The van der Waals surface area contributed by atoms with Crippen LogP contribution in [-0.2, 0) is 30.3 Å². The first-order chi connectivity index (χ1) is 24.0. The topological polar surface area (TPSA) is 77.0 Å². The summed E-state index contributed by atoms with van der Waals surface area (Å²) in [5.41, 5.74) is 3.78. The predicted molar refractivity (Wildman–Crippen MR) is 204 cm³/mol. The third kappa shape index (κ3) is 13.6. The van der Waals surface area contributed by atoms with Gasteiger partial charge >= 0.3 is 7.82 Å². The molecule has 49 heavy (non-hydrogen) atoms. The van der Waals surface area contributed by atoms with Crippen LogP contribution in [0.1, 0.15) is 80.0 Å². The Hall–Kier alpha value is -2.61. The lowest BCUT2D eigenvalue weighted by atomic mass is 9.76. The Kier molecular flexibility index (Phi) is 17.8. The van der Waals surface area contributed by atoms with Crippen molar-refractivity contribution in [3.63, 3.8) is 0 Å². The monoisotopic (exact) mass is 749 g/mol. The lowest BCUT2D eigenvalue weighted by Gasteiger charge is -2.40. The van der Waals surface area contributed by atoms with Crippen LogP contribution in [0.2, 0.25) is 0 Å². The molecule has 4 rings (SSSR count). The fourth-order valence-electron chi connectivity index (χ4n) is 6.26. The zero-order chi connectivity index (χ0) is 34.5. The molecule has 0 heterocycles. The first-order valence-corrected chi connectivity index (χ1v) is 20.4. The average Bonchev–Trinajstić information content (AvgIpc) is 3.15. The van der Waals surface area contributed by atoms with Gasteiger partial charge in [-0.1, -0.05) is 182 Å². The van der Waals surface area contributed by atoms with Gasteiger partial charge in [-0.05, 0) is 41.5 Å². The van der Waals surface area contributed by atoms with E-state index in [1.54, 1.807) is 0 Å². The van der Waals surface area contributed by atoms with Gasteiger partial charge in [0.05, 0.1) is 31.4 Å². The van der Waals surface area contributed by atoms with Crippen molar-refractivity contribution in [1.29, 1.82) is 0 Å². The average molecular weight is 751 g/mol. The summed E-state index contributed by atoms with van der Waals surface area (Å²) in [5, 5.41) is 4.28. The van der Waals surface area contributed by atoms with Crippen LogP contribution in [0.3, 0.4) is 0 Å². The number of alkyl halides is 1. The molecule has 0 fully saturated rings. The molecular formula is C41H53BrNO5P. The Bertz CT molecular complexity index is 1370. The summed E-state index contributed by atoms with van der Waals surface area (Å²) in [7, 11) is -4.25. The van der Waals surface area contributed by atoms with Crippen molar-refractivity contribution in [3.8, 4) is 0 Å². The minimum atomic E-state index is -4.25. The molecule has 4 aromatic carbocycles. The molecule has 0 aliphatic carbocycles. The molecule has 0 aromatic heterocycles. The van der Waals surface area contributed by atoms with Gasteiger partial charge in [-0.15, -0.1) is 0 Å². The van der Waals surface area contributed by atoms with Crippen LogP contribution in [0, 0.1) is 0 Å². The molecule has 0 bridgehead atoms. The molecule has 0 spiro atoms. The first-order valence-electron chi connectivity index (χ1n) is 17.8. The second kappa shape index (κ2) is 22.3. The fraction of sp³-hybridized carbons (Fsp3) is 0.415. The molecule has 0 saturated heterocycles. The third-order valence-corrected chi connectivity index (χ3v) is 10.0. The number of nitrogens with one attached hydrogen (secondary N) is 1. The van der Waals surface area contributed by atoms with Crippen molar-refractivity contribution in [2.24, 2.45) is 0 Å². The minimum absolute atomic E-state index is 0.0681. The molecule has 2 atom stereocenters. The maximum Gasteiger partial charge on any atom is 0.472 e. The van der Waals surface area contributed by atoms with Crippen LogP contribution in [-0.4, -0.2) is 42.7 Å². The molecule has 1 unspecified atom stereocenters. The van der Waals surface area contributed by atoms with Crippen LogP contribution in [0.15, 0.2) is 121 Å². The minimum Gasteiger partial charge on any atom is -0.380 e. The highest BCUT2D eigenvalue weighted by atomic mass is 79.9. The van der Waals surface area contributed by atoms with Gasteiger partial charge < -0.3 is 9.63 Å². The first kappa shape index (κ1) is 39.2. The quantitative estimate of drug-likeness (QED) is 0.0304. The molecule has 0 aliphatic heterocycles. The smallest absolute Gasteiger partial charge is 0.380 e. The zero-order valence-corrected chi connectivity index (χ0v) is 31.1. The summed E-state index contributed by atoms with van der Waals surface area (Å²) in [5.74, 6) is 0. The molecule has 4 aromatic rings. The second-order valence-electron chi connectivity index (χ2n) is 12.5. The van der Waals surface area contributed by atoms with E-state index in [9.17, 15) is 9.46 Å². The molecule has 2 N–H and O–H groups in total. The van der Waals surface area contributed by atoms with Gasteiger partial charge in [-0.3, -0.25) is 14.4 Å². The number of ether oxygens (including phenoxy) is 1. The van der Waals surface area contributed by atoms with Crippen LogP contribution >= 0.6 is 23.8 Å². The van der Waals surface area contributed by atoms with Gasteiger partial charge in [0.2, 0.25) is 0 Å². The Morgan fingerprint density at radius 3 is 1.53 bits per heavy atom. The molecule has 0 saturated carbocycles. The van der Waals surface area contributed by atoms with Crippen molar-refractivity contribution in [1.82, 2.24) is 5.32 Å². The van der Waals surface area contributed by atoms with Crippen molar-refractivity contribution >= 4 is 23.8 Å². The SMILES string of the molecule is O=P(O)(OCCBr)OC[C@@H](COCCCCCCCCCCCc1ccccc1)NC(c1ccccc1)(c1ccccc1)c1ccccc1. The van der Waals surface area contributed by atoms with E-state index < -0.39 is 19.4 Å². The number of halogens is 1. The Balaban J connectivity index is 1.33. The van der Waals surface area contributed by atoms with Crippen molar-refractivity contribution in [2.75, 3.05) is 31.8 Å². The van der Waals surface area contributed by atoms with Crippen LogP contribution in [0.25, 0.3) is 0 Å². The number of hydrogen-bond acceptors (Lipinski definition) is 5. The highest BCUT2D eigenvalue weighted by molar-refractivity contribution is 9.09. The lowest BCUT2D eigenvalue weighted by molar-refractivity contribution is 0.0706. The maximum absolute atomic E-state index is 12.7. The number of phosphoric acid groups is 1. The molecule has 6 nitrogen and oxygen atoms in total. The van der Waals surface area contributed by atoms with E-state index >= 15 is 0 Å². The summed E-state index contributed by atoms with van der Waals surface area (Å²) < 4.78 is 29.6. The lowest BCUT2D eigenvalue weighted by Crippen LogP contribution is -2.53. The molecule has 8 heteroatoms. The number of rotatable bonds is 25. The number of unbranched alkanes of at least 4 members (excludes halogenated alkanes) is 8. The summed E-state index contributed by atoms with van der Waals surface area (Å²) in [6, 6.07) is 41.1. The van der Waals surface area contributed by atoms with Crippen molar-refractivity contribution in [2.45, 2.75) is 75.8 Å². The Morgan fingerprint density at radius 1 is 0.592 bits per heavy atom. The Morgan fingerprint density at radius 2 is 1.04 bits per heavy atom. The highest BCUT2D eigenvalue weighted by Crippen LogP contribution is 2.44. The van der Waals surface area contributed by atoms with Gasteiger partial charge in [0.15, 0.2) is 0 Å². The van der Waals surface area contributed by atoms with E-state index in [0.717, 1.165) is 29.5 Å². The molecule has 0 aliphatic rings. The summed E-state index contributed by atoms with van der Waals surface area (Å²) in [6.45, 7) is 0.910. The number of aryl methyl sites for hydroxylation is 1. The van der Waals surface area contributed by atoms with E-state index in [0.29, 0.717) is 18.5 Å². The second-order valence-corrected chi connectivity index (χ2v) is 14.7. The van der Waals surface area contributed by atoms with Crippen LogP contribution in [0.5, 0.6) is 0 Å².